The van der Waals surface area contributed by atoms with E-state index in [9.17, 15) is 0 Å². The van der Waals surface area contributed by atoms with Crippen LogP contribution >= 0.6 is 0 Å². The zero-order valence-corrected chi connectivity index (χ0v) is 10.1. The Kier molecular flexibility index (Phi) is 8.40. The van der Waals surface area contributed by atoms with Gasteiger partial charge < -0.3 is 7.75 Å². The third-order valence-electron chi connectivity index (χ3n) is 1.80. The first-order valence-corrected chi connectivity index (χ1v) is 4.34. The Morgan fingerprint density at radius 1 is 1.50 bits per heavy atom. The maximum atomic E-state index is 4.15. The fourth-order valence-corrected chi connectivity index (χ4v) is 1.13. The minimum absolute atomic E-state index is 0. The molecule has 0 saturated heterocycles. The van der Waals surface area contributed by atoms with Gasteiger partial charge in [0.15, 0.2) is 0 Å². The summed E-state index contributed by atoms with van der Waals surface area (Å²) in [7, 11) is 0. The molecular weight excluding hydrogens is 176 g/mol. The molecule has 1 heterocycles. The van der Waals surface area contributed by atoms with Gasteiger partial charge in [-0.25, -0.2) is 0 Å². The van der Waals surface area contributed by atoms with Gasteiger partial charge in [-0.1, -0.05) is 19.8 Å². The van der Waals surface area contributed by atoms with E-state index in [4.69, 9.17) is 0 Å². The Bertz CT molecular complexity index is 163. The van der Waals surface area contributed by atoms with Crippen molar-refractivity contribution in [1.29, 1.82) is 0 Å². The van der Waals surface area contributed by atoms with Crippen LogP contribution in [-0.4, -0.2) is 62.1 Å². The predicted octanol–water partition coefficient (Wildman–Crippen LogP) is 1.88. The van der Waals surface area contributed by atoms with E-state index in [0.717, 1.165) is 13.2 Å². The molecule has 0 saturated carbocycles. The van der Waals surface area contributed by atoms with Crippen LogP contribution < -0.4 is 0 Å². The summed E-state index contributed by atoms with van der Waals surface area (Å²) in [6.07, 6.45) is 9.87. The van der Waals surface area contributed by atoms with Crippen LogP contribution in [0.3, 0.4) is 0 Å². The molecule has 12 heavy (non-hydrogen) atoms. The SMILES string of the molecule is CCCCCN1C=CC=NC1.[Ca+2].[H-].[H-]. The monoisotopic (exact) mass is 194 g/mol. The number of hydrogen-bond donors (Lipinski definition) is 0. The Balaban J connectivity index is -0.000000403. The van der Waals surface area contributed by atoms with Crippen LogP contribution in [0.4, 0.5) is 0 Å². The van der Waals surface area contributed by atoms with Crippen LogP contribution in [0, 0.1) is 0 Å². The summed E-state index contributed by atoms with van der Waals surface area (Å²) in [5.41, 5.74) is 0. The van der Waals surface area contributed by atoms with E-state index in [1.807, 2.05) is 12.3 Å². The molecule has 0 aromatic heterocycles. The van der Waals surface area contributed by atoms with Gasteiger partial charge >= 0.3 is 37.7 Å². The van der Waals surface area contributed by atoms with Crippen molar-refractivity contribution in [2.45, 2.75) is 26.2 Å². The van der Waals surface area contributed by atoms with E-state index in [-0.39, 0.29) is 40.6 Å². The first-order chi connectivity index (χ1) is 5.43. The molecule has 0 aliphatic carbocycles. The fourth-order valence-electron chi connectivity index (χ4n) is 1.13. The molecular formula is C9H18CaN2. The number of rotatable bonds is 4. The molecule has 0 spiro atoms. The van der Waals surface area contributed by atoms with Crippen molar-refractivity contribution in [1.82, 2.24) is 4.90 Å². The van der Waals surface area contributed by atoms with Crippen molar-refractivity contribution in [3.05, 3.63) is 12.3 Å². The average Bonchev–Trinajstić information content (AvgIpc) is 2.07. The van der Waals surface area contributed by atoms with Gasteiger partial charge in [0.2, 0.25) is 0 Å². The number of allylic oxidation sites excluding steroid dienone is 1. The summed E-state index contributed by atoms with van der Waals surface area (Å²) in [4.78, 5) is 6.40. The van der Waals surface area contributed by atoms with Crippen LogP contribution in [-0.2, 0) is 0 Å². The number of hydrogen-bond acceptors (Lipinski definition) is 2. The van der Waals surface area contributed by atoms with Gasteiger partial charge in [0.05, 0.1) is 0 Å². The third kappa shape index (κ3) is 5.17. The molecule has 1 aliphatic rings. The Morgan fingerprint density at radius 2 is 2.33 bits per heavy atom. The van der Waals surface area contributed by atoms with E-state index in [1.165, 1.54) is 19.3 Å². The van der Waals surface area contributed by atoms with Gasteiger partial charge in [0, 0.05) is 19.0 Å². The summed E-state index contributed by atoms with van der Waals surface area (Å²) < 4.78 is 0. The zero-order valence-electron chi connectivity index (χ0n) is 9.87. The maximum absolute atomic E-state index is 4.15. The molecule has 0 aromatic rings. The third-order valence-corrected chi connectivity index (χ3v) is 1.80. The quantitative estimate of drug-likeness (QED) is 0.493. The summed E-state index contributed by atoms with van der Waals surface area (Å²) in [5, 5.41) is 0. The number of aliphatic imine (C=N–C) groups is 1. The van der Waals surface area contributed by atoms with Gasteiger partial charge in [-0.3, -0.25) is 4.99 Å². The molecule has 0 aromatic carbocycles. The molecule has 0 N–H and O–H groups in total. The Hall–Kier alpha value is 0.470. The topological polar surface area (TPSA) is 15.6 Å². The molecule has 1 aliphatic heterocycles. The number of unbranched alkanes of at least 4 members (excludes halogenated alkanes) is 2. The fraction of sp³-hybridized carbons (Fsp3) is 0.667. The normalized spacial score (nSPS) is 14.6. The summed E-state index contributed by atoms with van der Waals surface area (Å²) in [6.45, 7) is 4.23. The van der Waals surface area contributed by atoms with Crippen LogP contribution in [0.1, 0.15) is 29.0 Å². The van der Waals surface area contributed by atoms with Crippen molar-refractivity contribution in [2.24, 2.45) is 4.99 Å². The maximum Gasteiger partial charge on any atom is 2.00 e. The molecule has 2 nitrogen and oxygen atoms in total. The van der Waals surface area contributed by atoms with E-state index < -0.39 is 0 Å². The van der Waals surface area contributed by atoms with E-state index in [2.05, 4.69) is 23.0 Å². The van der Waals surface area contributed by atoms with Gasteiger partial charge in [0.25, 0.3) is 0 Å². The summed E-state index contributed by atoms with van der Waals surface area (Å²) >= 11 is 0. The van der Waals surface area contributed by atoms with Crippen molar-refractivity contribution < 1.29 is 2.85 Å². The molecule has 1 rings (SSSR count). The van der Waals surface area contributed by atoms with Crippen molar-refractivity contribution >= 4 is 44.0 Å². The van der Waals surface area contributed by atoms with E-state index >= 15 is 0 Å². The van der Waals surface area contributed by atoms with Gasteiger partial charge in [-0.05, 0) is 12.5 Å². The van der Waals surface area contributed by atoms with E-state index in [0.29, 0.717) is 0 Å². The molecule has 0 amide bonds. The van der Waals surface area contributed by atoms with Crippen molar-refractivity contribution in [2.75, 3.05) is 13.2 Å². The smallest absolute Gasteiger partial charge is 1.00 e. The van der Waals surface area contributed by atoms with Crippen molar-refractivity contribution in [3.8, 4) is 0 Å². The molecule has 0 unspecified atom stereocenters. The summed E-state index contributed by atoms with van der Waals surface area (Å²) in [5.74, 6) is 0. The van der Waals surface area contributed by atoms with Gasteiger partial charge in [-0.15, -0.1) is 0 Å². The van der Waals surface area contributed by atoms with Gasteiger partial charge in [-0.2, -0.15) is 0 Å². The van der Waals surface area contributed by atoms with Gasteiger partial charge in [0.1, 0.15) is 6.67 Å². The molecule has 0 bridgehead atoms. The second-order valence-electron chi connectivity index (χ2n) is 2.83. The largest absolute Gasteiger partial charge is 2.00 e. The minimum Gasteiger partial charge on any atom is -1.00 e. The predicted molar refractivity (Wildman–Crippen MR) is 56.7 cm³/mol. The van der Waals surface area contributed by atoms with Crippen LogP contribution in [0.2, 0.25) is 0 Å². The zero-order chi connectivity index (χ0) is 7.94. The Labute approximate surface area is 108 Å². The molecule has 66 valence electrons. The second-order valence-corrected chi connectivity index (χ2v) is 2.83. The number of nitrogens with zero attached hydrogens (tertiary/aromatic N) is 2. The average molecular weight is 194 g/mol. The minimum atomic E-state index is 0. The molecule has 0 atom stereocenters. The first-order valence-electron chi connectivity index (χ1n) is 4.34. The van der Waals surface area contributed by atoms with Crippen LogP contribution in [0.5, 0.6) is 0 Å². The molecule has 3 heteroatoms. The summed E-state index contributed by atoms with van der Waals surface area (Å²) in [6, 6.07) is 0. The first kappa shape index (κ1) is 12.5. The standard InChI is InChI=1S/C9H16N2.Ca.2H/c1-2-3-4-7-11-8-5-6-10-9-11;;;/h5-6,8H,2-4,7,9H2,1H3;;;/q;+2;2*-1. The molecule has 0 fully saturated rings. The molecule has 0 radical (unpaired) electrons. The van der Waals surface area contributed by atoms with Crippen LogP contribution in [0.15, 0.2) is 17.3 Å². The van der Waals surface area contributed by atoms with Crippen molar-refractivity contribution in [3.63, 3.8) is 0 Å². The van der Waals surface area contributed by atoms with E-state index in [1.54, 1.807) is 0 Å². The Morgan fingerprint density at radius 3 is 2.92 bits per heavy atom. The second kappa shape index (κ2) is 8.09. The van der Waals surface area contributed by atoms with Crippen LogP contribution in [0.25, 0.3) is 0 Å².